The second-order valence-corrected chi connectivity index (χ2v) is 6.65. The van der Waals surface area contributed by atoms with Crippen molar-refractivity contribution < 1.29 is 9.53 Å². The van der Waals surface area contributed by atoms with Gasteiger partial charge in [0.15, 0.2) is 5.82 Å². The number of fused-ring (bicyclic) bond motifs is 1. The summed E-state index contributed by atoms with van der Waals surface area (Å²) in [6.45, 7) is 8.86. The number of nitrogens with one attached hydrogen (secondary N) is 2. The number of para-hydroxylation sites is 1. The molecule has 3 rings (SSSR count). The number of carbonyl (C=O) groups excluding carboxylic acids is 1. The Kier molecular flexibility index (Phi) is 4.97. The predicted molar refractivity (Wildman–Crippen MR) is 98.2 cm³/mol. The predicted octanol–water partition coefficient (Wildman–Crippen LogP) is 4.12. The van der Waals surface area contributed by atoms with E-state index in [1.807, 2.05) is 42.8 Å². The minimum absolute atomic E-state index is 0.0543. The topological polar surface area (TPSA) is 68.2 Å². The fourth-order valence-corrected chi connectivity index (χ4v) is 3.21. The van der Waals surface area contributed by atoms with E-state index in [0.29, 0.717) is 18.5 Å². The summed E-state index contributed by atoms with van der Waals surface area (Å²) in [6, 6.07) is 7.93. The molecule has 2 heterocycles. The van der Waals surface area contributed by atoms with Gasteiger partial charge in [-0.1, -0.05) is 25.1 Å². The second-order valence-electron chi connectivity index (χ2n) is 6.65. The van der Waals surface area contributed by atoms with Gasteiger partial charge in [-0.3, -0.25) is 10.00 Å². The van der Waals surface area contributed by atoms with E-state index in [9.17, 15) is 4.79 Å². The van der Waals surface area contributed by atoms with E-state index in [2.05, 4.69) is 29.6 Å². The molecule has 0 saturated heterocycles. The van der Waals surface area contributed by atoms with Gasteiger partial charge in [0.2, 0.25) is 0 Å². The fourth-order valence-electron chi connectivity index (χ4n) is 3.21. The third-order valence-electron chi connectivity index (χ3n) is 4.75. The Labute approximate surface area is 148 Å². The zero-order valence-corrected chi connectivity index (χ0v) is 15.3. The minimum atomic E-state index is -0.242. The number of ether oxygens (including phenoxy) is 1. The largest absolute Gasteiger partial charge is 0.493 e. The molecule has 2 atom stereocenters. The molecule has 0 bridgehead atoms. The van der Waals surface area contributed by atoms with E-state index in [-0.39, 0.29) is 12.1 Å². The van der Waals surface area contributed by atoms with Crippen molar-refractivity contribution in [2.75, 3.05) is 11.9 Å². The number of amides is 2. The van der Waals surface area contributed by atoms with Gasteiger partial charge in [0.1, 0.15) is 5.75 Å². The van der Waals surface area contributed by atoms with E-state index in [1.165, 1.54) is 0 Å². The average molecular weight is 342 g/mol. The number of hydrogen-bond acceptors (Lipinski definition) is 3. The molecule has 0 spiro atoms. The van der Waals surface area contributed by atoms with Gasteiger partial charge in [-0.25, -0.2) is 4.79 Å². The first-order valence-electron chi connectivity index (χ1n) is 8.85. The molecular formula is C19H26N4O2. The lowest BCUT2D eigenvalue weighted by Gasteiger charge is -2.27. The maximum absolute atomic E-state index is 12.4. The highest BCUT2D eigenvalue weighted by Crippen LogP contribution is 2.34. The molecule has 1 aromatic carbocycles. The number of anilines is 1. The Hall–Kier alpha value is -2.50. The van der Waals surface area contributed by atoms with E-state index in [1.54, 1.807) is 0 Å². The van der Waals surface area contributed by atoms with Crippen molar-refractivity contribution in [2.24, 2.45) is 0 Å². The highest BCUT2D eigenvalue weighted by Gasteiger charge is 2.24. The SMILES string of the molecule is CCC(C)n1nc(NC(=O)NC2CCOc3c(C)cccc32)cc1C. The number of urea groups is 1. The average Bonchev–Trinajstić information content (AvgIpc) is 2.95. The van der Waals surface area contributed by atoms with Crippen molar-refractivity contribution in [2.45, 2.75) is 52.6 Å². The van der Waals surface area contributed by atoms with Crippen molar-refractivity contribution in [3.05, 3.63) is 41.1 Å². The molecule has 0 radical (unpaired) electrons. The number of rotatable bonds is 4. The second kappa shape index (κ2) is 7.17. The summed E-state index contributed by atoms with van der Waals surface area (Å²) >= 11 is 0. The van der Waals surface area contributed by atoms with Crippen molar-refractivity contribution in [3.63, 3.8) is 0 Å². The third-order valence-corrected chi connectivity index (χ3v) is 4.75. The van der Waals surface area contributed by atoms with Crippen molar-refractivity contribution in [3.8, 4) is 5.75 Å². The van der Waals surface area contributed by atoms with Crippen molar-refractivity contribution in [1.29, 1.82) is 0 Å². The molecule has 2 aromatic rings. The summed E-state index contributed by atoms with van der Waals surface area (Å²) in [7, 11) is 0. The maximum atomic E-state index is 12.4. The molecule has 6 heteroatoms. The van der Waals surface area contributed by atoms with E-state index in [4.69, 9.17) is 4.74 Å². The van der Waals surface area contributed by atoms with Gasteiger partial charge >= 0.3 is 6.03 Å². The molecule has 0 fully saturated rings. The first-order valence-corrected chi connectivity index (χ1v) is 8.85. The summed E-state index contributed by atoms with van der Waals surface area (Å²) in [5.41, 5.74) is 3.16. The summed E-state index contributed by atoms with van der Waals surface area (Å²) in [6.07, 6.45) is 1.75. The van der Waals surface area contributed by atoms with Gasteiger partial charge < -0.3 is 10.1 Å². The van der Waals surface area contributed by atoms with E-state index >= 15 is 0 Å². The van der Waals surface area contributed by atoms with Crippen LogP contribution in [-0.2, 0) is 0 Å². The number of benzene rings is 1. The van der Waals surface area contributed by atoms with Crippen LogP contribution in [-0.4, -0.2) is 22.4 Å². The zero-order chi connectivity index (χ0) is 18.0. The lowest BCUT2D eigenvalue weighted by Crippen LogP contribution is -2.35. The van der Waals surface area contributed by atoms with Crippen LogP contribution in [0.15, 0.2) is 24.3 Å². The van der Waals surface area contributed by atoms with Gasteiger partial charge in [-0.15, -0.1) is 0 Å². The Morgan fingerprint density at radius 2 is 2.24 bits per heavy atom. The summed E-state index contributed by atoms with van der Waals surface area (Å²) < 4.78 is 7.70. The highest BCUT2D eigenvalue weighted by molar-refractivity contribution is 5.88. The fraction of sp³-hybridized carbons (Fsp3) is 0.474. The van der Waals surface area contributed by atoms with Crippen LogP contribution in [0.2, 0.25) is 0 Å². The highest BCUT2D eigenvalue weighted by atomic mass is 16.5. The Morgan fingerprint density at radius 3 is 3.00 bits per heavy atom. The van der Waals surface area contributed by atoms with Gasteiger partial charge in [0.05, 0.1) is 12.6 Å². The standard InChI is InChI=1S/C19H26N4O2/c1-5-13(3)23-14(4)11-17(22-23)21-19(24)20-16-9-10-25-18-12(2)7-6-8-15(16)18/h6-8,11,13,16H,5,9-10H2,1-4H3,(H2,20,21,22,24). The summed E-state index contributed by atoms with van der Waals surface area (Å²) in [4.78, 5) is 12.4. The van der Waals surface area contributed by atoms with Gasteiger partial charge in [-0.05, 0) is 32.8 Å². The molecule has 25 heavy (non-hydrogen) atoms. The lowest BCUT2D eigenvalue weighted by atomic mass is 9.98. The van der Waals surface area contributed by atoms with E-state index in [0.717, 1.165) is 35.4 Å². The summed E-state index contributed by atoms with van der Waals surface area (Å²) in [5.74, 6) is 1.46. The van der Waals surface area contributed by atoms with Gasteiger partial charge in [0, 0.05) is 29.8 Å². The van der Waals surface area contributed by atoms with Crippen LogP contribution in [0.3, 0.4) is 0 Å². The molecule has 2 N–H and O–H groups in total. The Bertz CT molecular complexity index is 769. The molecule has 0 aliphatic carbocycles. The number of aromatic nitrogens is 2. The van der Waals surface area contributed by atoms with Crippen LogP contribution in [0, 0.1) is 13.8 Å². The lowest BCUT2D eigenvalue weighted by molar-refractivity contribution is 0.231. The molecule has 1 aliphatic heterocycles. The van der Waals surface area contributed by atoms with Crippen LogP contribution >= 0.6 is 0 Å². The number of nitrogens with zero attached hydrogens (tertiary/aromatic N) is 2. The molecule has 1 aliphatic rings. The smallest absolute Gasteiger partial charge is 0.320 e. The molecule has 6 nitrogen and oxygen atoms in total. The van der Waals surface area contributed by atoms with Crippen molar-refractivity contribution in [1.82, 2.24) is 15.1 Å². The van der Waals surface area contributed by atoms with Crippen molar-refractivity contribution >= 4 is 11.8 Å². The maximum Gasteiger partial charge on any atom is 0.320 e. The van der Waals surface area contributed by atoms with Crippen LogP contribution in [0.4, 0.5) is 10.6 Å². The number of aryl methyl sites for hydroxylation is 2. The quantitative estimate of drug-likeness (QED) is 0.878. The minimum Gasteiger partial charge on any atom is -0.493 e. The van der Waals surface area contributed by atoms with Crippen LogP contribution in [0.25, 0.3) is 0 Å². The zero-order valence-electron chi connectivity index (χ0n) is 15.3. The van der Waals surface area contributed by atoms with Crippen LogP contribution in [0.5, 0.6) is 5.75 Å². The third kappa shape index (κ3) is 3.62. The first-order chi connectivity index (χ1) is 12.0. The molecule has 134 valence electrons. The molecule has 0 saturated carbocycles. The number of carbonyl (C=O) groups is 1. The number of hydrogen-bond donors (Lipinski definition) is 2. The molecular weight excluding hydrogens is 316 g/mol. The van der Waals surface area contributed by atoms with Gasteiger partial charge in [-0.2, -0.15) is 5.10 Å². The van der Waals surface area contributed by atoms with E-state index < -0.39 is 0 Å². The Morgan fingerprint density at radius 1 is 1.44 bits per heavy atom. The van der Waals surface area contributed by atoms with Crippen LogP contribution < -0.4 is 15.4 Å². The normalized spacial score (nSPS) is 17.4. The van der Waals surface area contributed by atoms with Gasteiger partial charge in [0.25, 0.3) is 0 Å². The molecule has 1 aromatic heterocycles. The molecule has 2 unspecified atom stereocenters. The monoisotopic (exact) mass is 342 g/mol. The Balaban J connectivity index is 1.69. The van der Waals surface area contributed by atoms with Crippen LogP contribution in [0.1, 0.15) is 55.6 Å². The molecule has 2 amide bonds. The summed E-state index contributed by atoms with van der Waals surface area (Å²) in [5, 5.41) is 10.4. The first kappa shape index (κ1) is 17.3.